The lowest BCUT2D eigenvalue weighted by Crippen LogP contribution is -1.96. The quantitative estimate of drug-likeness (QED) is 0.550. The summed E-state index contributed by atoms with van der Waals surface area (Å²) in [5.41, 5.74) is 14.4. The van der Waals surface area contributed by atoms with Gasteiger partial charge in [0.2, 0.25) is 0 Å². The molecule has 4 N–H and O–H groups in total. The van der Waals surface area contributed by atoms with E-state index < -0.39 is 0 Å². The number of hydrogen-bond acceptors (Lipinski definition) is 2. The maximum atomic E-state index is 5.82. The number of aryl methyl sites for hydroxylation is 1. The average molecular weight is 178 g/mol. The summed E-state index contributed by atoms with van der Waals surface area (Å²) in [4.78, 5) is 0. The highest BCUT2D eigenvalue weighted by Gasteiger charge is 1.98. The third-order valence-corrected chi connectivity index (χ3v) is 2.22. The van der Waals surface area contributed by atoms with Gasteiger partial charge in [0.25, 0.3) is 0 Å². The average Bonchev–Trinajstić information content (AvgIpc) is 2.11. The number of nitrogens with two attached hydrogens (primary N) is 2. The Morgan fingerprint density at radius 1 is 1.15 bits per heavy atom. The number of unbranched alkanes of at least 4 members (excludes halogenated alkanes) is 2. The molecule has 0 bridgehead atoms. The standard InChI is InChI=1S/C11H18N2/c1-2-3-4-5-9-8-10(12)6-7-11(9)13/h6-8H,2-5,12-13H2,1H3. The number of anilines is 2. The minimum atomic E-state index is 0.806. The highest BCUT2D eigenvalue weighted by molar-refractivity contribution is 5.55. The third kappa shape index (κ3) is 2.98. The normalized spacial score (nSPS) is 10.2. The molecule has 0 aliphatic carbocycles. The van der Waals surface area contributed by atoms with E-state index in [1.54, 1.807) is 0 Å². The van der Waals surface area contributed by atoms with Crippen molar-refractivity contribution in [2.75, 3.05) is 11.5 Å². The van der Waals surface area contributed by atoms with Gasteiger partial charge in [0, 0.05) is 11.4 Å². The van der Waals surface area contributed by atoms with E-state index in [9.17, 15) is 0 Å². The minimum absolute atomic E-state index is 0.806. The smallest absolute Gasteiger partial charge is 0.0348 e. The number of rotatable bonds is 4. The fraction of sp³-hybridized carbons (Fsp3) is 0.455. The molecule has 0 heterocycles. The maximum Gasteiger partial charge on any atom is 0.0348 e. The molecule has 2 nitrogen and oxygen atoms in total. The molecule has 72 valence electrons. The Labute approximate surface area is 79.9 Å². The van der Waals surface area contributed by atoms with E-state index in [0.29, 0.717) is 0 Å². The molecule has 0 aliphatic heterocycles. The SMILES string of the molecule is CCCCCc1cc(N)ccc1N. The van der Waals surface area contributed by atoms with Crippen LogP contribution in [0.2, 0.25) is 0 Å². The zero-order valence-corrected chi connectivity index (χ0v) is 8.22. The van der Waals surface area contributed by atoms with Crippen LogP contribution in [0.4, 0.5) is 11.4 Å². The fourth-order valence-electron chi connectivity index (χ4n) is 1.41. The maximum absolute atomic E-state index is 5.82. The van der Waals surface area contributed by atoms with Crippen LogP contribution in [0.5, 0.6) is 0 Å². The van der Waals surface area contributed by atoms with Crippen LogP contribution in [0.15, 0.2) is 18.2 Å². The van der Waals surface area contributed by atoms with E-state index in [0.717, 1.165) is 17.8 Å². The predicted octanol–water partition coefficient (Wildman–Crippen LogP) is 2.58. The Hall–Kier alpha value is -1.18. The molecular formula is C11H18N2. The van der Waals surface area contributed by atoms with E-state index >= 15 is 0 Å². The van der Waals surface area contributed by atoms with Crippen LogP contribution in [0.1, 0.15) is 31.7 Å². The van der Waals surface area contributed by atoms with Gasteiger partial charge >= 0.3 is 0 Å². The van der Waals surface area contributed by atoms with Crippen LogP contribution in [0.25, 0.3) is 0 Å². The third-order valence-electron chi connectivity index (χ3n) is 2.22. The minimum Gasteiger partial charge on any atom is -0.399 e. The summed E-state index contributed by atoms with van der Waals surface area (Å²) >= 11 is 0. The van der Waals surface area contributed by atoms with Gasteiger partial charge in [-0.2, -0.15) is 0 Å². The molecule has 0 saturated heterocycles. The van der Waals surface area contributed by atoms with Crippen molar-refractivity contribution >= 4 is 11.4 Å². The monoisotopic (exact) mass is 178 g/mol. The molecule has 0 saturated carbocycles. The number of hydrogen-bond donors (Lipinski definition) is 2. The molecule has 13 heavy (non-hydrogen) atoms. The topological polar surface area (TPSA) is 52.0 Å². The summed E-state index contributed by atoms with van der Waals surface area (Å²) in [5, 5.41) is 0. The van der Waals surface area contributed by atoms with Gasteiger partial charge in [-0.15, -0.1) is 0 Å². The molecule has 0 radical (unpaired) electrons. The number of benzene rings is 1. The molecule has 0 fully saturated rings. The summed E-state index contributed by atoms with van der Waals surface area (Å²) < 4.78 is 0. The van der Waals surface area contributed by atoms with Gasteiger partial charge in [-0.3, -0.25) is 0 Å². The van der Waals surface area contributed by atoms with Gasteiger partial charge in [-0.05, 0) is 36.6 Å². The van der Waals surface area contributed by atoms with Gasteiger partial charge < -0.3 is 11.5 Å². The Bertz CT molecular complexity index is 269. The Balaban J connectivity index is 2.59. The Morgan fingerprint density at radius 2 is 1.92 bits per heavy atom. The molecule has 0 atom stereocenters. The van der Waals surface area contributed by atoms with Gasteiger partial charge in [0.05, 0.1) is 0 Å². The summed E-state index contributed by atoms with van der Waals surface area (Å²) in [6.45, 7) is 2.20. The van der Waals surface area contributed by atoms with Crippen molar-refractivity contribution < 1.29 is 0 Å². The lowest BCUT2D eigenvalue weighted by molar-refractivity contribution is 0.718. The molecule has 0 amide bonds. The van der Waals surface area contributed by atoms with Crippen molar-refractivity contribution in [1.82, 2.24) is 0 Å². The van der Waals surface area contributed by atoms with Crippen molar-refractivity contribution in [3.8, 4) is 0 Å². The van der Waals surface area contributed by atoms with Crippen molar-refractivity contribution in [1.29, 1.82) is 0 Å². The highest BCUT2D eigenvalue weighted by atomic mass is 14.6. The second-order valence-electron chi connectivity index (χ2n) is 3.42. The molecule has 0 spiro atoms. The van der Waals surface area contributed by atoms with Crippen LogP contribution < -0.4 is 11.5 Å². The van der Waals surface area contributed by atoms with E-state index in [1.807, 2.05) is 18.2 Å². The van der Waals surface area contributed by atoms with Crippen molar-refractivity contribution in [2.24, 2.45) is 0 Å². The van der Waals surface area contributed by atoms with Crippen LogP contribution in [-0.2, 0) is 6.42 Å². The van der Waals surface area contributed by atoms with E-state index in [-0.39, 0.29) is 0 Å². The van der Waals surface area contributed by atoms with E-state index in [4.69, 9.17) is 11.5 Å². The highest BCUT2D eigenvalue weighted by Crippen LogP contribution is 2.17. The van der Waals surface area contributed by atoms with Crippen molar-refractivity contribution in [3.05, 3.63) is 23.8 Å². The summed E-state index contributed by atoms with van der Waals surface area (Å²) in [6, 6.07) is 5.71. The first-order valence-electron chi connectivity index (χ1n) is 4.88. The summed E-state index contributed by atoms with van der Waals surface area (Å²) in [7, 11) is 0. The molecule has 1 aromatic carbocycles. The van der Waals surface area contributed by atoms with E-state index in [2.05, 4.69) is 6.92 Å². The predicted molar refractivity (Wildman–Crippen MR) is 58.5 cm³/mol. The van der Waals surface area contributed by atoms with Gasteiger partial charge in [0.15, 0.2) is 0 Å². The van der Waals surface area contributed by atoms with Crippen molar-refractivity contribution in [2.45, 2.75) is 32.6 Å². The molecule has 1 rings (SSSR count). The zero-order valence-electron chi connectivity index (χ0n) is 8.22. The van der Waals surface area contributed by atoms with Crippen LogP contribution in [-0.4, -0.2) is 0 Å². The first kappa shape index (κ1) is 9.90. The fourth-order valence-corrected chi connectivity index (χ4v) is 1.41. The van der Waals surface area contributed by atoms with E-state index in [1.165, 1.54) is 24.8 Å². The molecule has 0 aromatic heterocycles. The second kappa shape index (κ2) is 4.75. The number of nitrogen functional groups attached to an aromatic ring is 2. The molecule has 0 aliphatic rings. The molecule has 2 heteroatoms. The van der Waals surface area contributed by atoms with Gasteiger partial charge in [-0.1, -0.05) is 19.8 Å². The first-order chi connectivity index (χ1) is 6.24. The van der Waals surface area contributed by atoms with Gasteiger partial charge in [0.1, 0.15) is 0 Å². The van der Waals surface area contributed by atoms with Gasteiger partial charge in [-0.25, -0.2) is 0 Å². The lowest BCUT2D eigenvalue weighted by atomic mass is 10.0. The molecule has 1 aromatic rings. The summed E-state index contributed by atoms with van der Waals surface area (Å²) in [5.74, 6) is 0. The van der Waals surface area contributed by atoms with Crippen molar-refractivity contribution in [3.63, 3.8) is 0 Å². The van der Waals surface area contributed by atoms with Crippen LogP contribution >= 0.6 is 0 Å². The first-order valence-corrected chi connectivity index (χ1v) is 4.88. The molecular weight excluding hydrogens is 160 g/mol. The lowest BCUT2D eigenvalue weighted by Gasteiger charge is -2.05. The Morgan fingerprint density at radius 3 is 2.62 bits per heavy atom. The summed E-state index contributed by atoms with van der Waals surface area (Å²) in [6.07, 6.45) is 4.74. The van der Waals surface area contributed by atoms with Crippen LogP contribution in [0, 0.1) is 0 Å². The molecule has 0 unspecified atom stereocenters. The van der Waals surface area contributed by atoms with Crippen LogP contribution in [0.3, 0.4) is 0 Å². The largest absolute Gasteiger partial charge is 0.399 e. The Kier molecular flexibility index (Phi) is 3.62. The second-order valence-corrected chi connectivity index (χ2v) is 3.42. The zero-order chi connectivity index (χ0) is 9.68.